The lowest BCUT2D eigenvalue weighted by Crippen LogP contribution is -2.38. The second kappa shape index (κ2) is 8.12. The number of thiophene rings is 1. The zero-order valence-corrected chi connectivity index (χ0v) is 16.2. The Labute approximate surface area is 167 Å². The van der Waals surface area contributed by atoms with Crippen LogP contribution >= 0.6 is 11.3 Å². The third-order valence-corrected chi connectivity index (χ3v) is 6.46. The monoisotopic (exact) mass is 394 g/mol. The highest BCUT2D eigenvalue weighted by Crippen LogP contribution is 2.28. The van der Waals surface area contributed by atoms with E-state index in [9.17, 15) is 9.59 Å². The molecule has 0 bridgehead atoms. The highest BCUT2D eigenvalue weighted by molar-refractivity contribution is 7.20. The standard InChI is InChI=1S/C22H22N2O3S/c25-21(23-27)20-13-17-6-7-18(14-19(17)28-20)22(26)24-10-8-16(9-11-24)12-15-4-2-1-3-5-15/h1-7,13-14,16,27H,8-12H2,(H,23,25). The van der Waals surface area contributed by atoms with Crippen molar-refractivity contribution in [2.75, 3.05) is 13.1 Å². The molecule has 0 spiro atoms. The summed E-state index contributed by atoms with van der Waals surface area (Å²) in [5, 5.41) is 9.68. The van der Waals surface area contributed by atoms with E-state index in [2.05, 4.69) is 24.3 Å². The van der Waals surface area contributed by atoms with E-state index in [-0.39, 0.29) is 5.91 Å². The van der Waals surface area contributed by atoms with Crippen LogP contribution < -0.4 is 5.48 Å². The number of benzene rings is 2. The molecule has 28 heavy (non-hydrogen) atoms. The minimum absolute atomic E-state index is 0.0432. The average Bonchev–Trinajstić information content (AvgIpc) is 3.17. The van der Waals surface area contributed by atoms with E-state index < -0.39 is 5.91 Å². The highest BCUT2D eigenvalue weighted by atomic mass is 32.1. The fourth-order valence-electron chi connectivity index (χ4n) is 3.80. The molecule has 3 aromatic rings. The van der Waals surface area contributed by atoms with Gasteiger partial charge in [-0.2, -0.15) is 0 Å². The molecule has 1 aliphatic heterocycles. The molecular formula is C22H22N2O3S. The molecule has 0 aliphatic carbocycles. The van der Waals surface area contributed by atoms with Crippen LogP contribution in [0.1, 0.15) is 38.4 Å². The third-order valence-electron chi connectivity index (χ3n) is 5.36. The number of carbonyl (C=O) groups excluding carboxylic acids is 2. The van der Waals surface area contributed by atoms with Crippen molar-refractivity contribution in [2.45, 2.75) is 19.3 Å². The third kappa shape index (κ3) is 3.93. The summed E-state index contributed by atoms with van der Waals surface area (Å²) in [6.07, 6.45) is 3.10. The Morgan fingerprint density at radius 1 is 1.07 bits per heavy atom. The largest absolute Gasteiger partial charge is 0.339 e. The first-order chi connectivity index (χ1) is 13.6. The number of likely N-dealkylation sites (tertiary alicyclic amines) is 1. The summed E-state index contributed by atoms with van der Waals surface area (Å²) >= 11 is 1.27. The number of amides is 2. The first-order valence-corrected chi connectivity index (χ1v) is 10.3. The lowest BCUT2D eigenvalue weighted by Gasteiger charge is -2.32. The predicted octanol–water partition coefficient (Wildman–Crippen LogP) is 4.12. The SMILES string of the molecule is O=C(NO)c1cc2ccc(C(=O)N3CCC(Cc4ccccc4)CC3)cc2s1. The maximum Gasteiger partial charge on any atom is 0.284 e. The molecule has 6 heteroatoms. The summed E-state index contributed by atoms with van der Waals surface area (Å²) in [5.41, 5.74) is 3.65. The molecule has 4 rings (SSSR count). The minimum Gasteiger partial charge on any atom is -0.339 e. The van der Waals surface area contributed by atoms with Crippen LogP contribution in [-0.2, 0) is 6.42 Å². The molecule has 2 aromatic carbocycles. The van der Waals surface area contributed by atoms with Gasteiger partial charge >= 0.3 is 0 Å². The molecule has 0 saturated carbocycles. The van der Waals surface area contributed by atoms with Gasteiger partial charge in [0.05, 0.1) is 4.88 Å². The molecule has 1 saturated heterocycles. The van der Waals surface area contributed by atoms with Crippen LogP contribution in [0.5, 0.6) is 0 Å². The van der Waals surface area contributed by atoms with Crippen molar-refractivity contribution in [3.63, 3.8) is 0 Å². The molecule has 2 N–H and O–H groups in total. The molecule has 144 valence electrons. The van der Waals surface area contributed by atoms with Crippen molar-refractivity contribution in [3.05, 3.63) is 70.6 Å². The number of carbonyl (C=O) groups is 2. The Bertz CT molecular complexity index is 991. The first-order valence-electron chi connectivity index (χ1n) is 9.45. The Kier molecular flexibility index (Phi) is 5.41. The number of nitrogens with zero attached hydrogens (tertiary/aromatic N) is 1. The number of hydrogen-bond donors (Lipinski definition) is 2. The van der Waals surface area contributed by atoms with Crippen molar-refractivity contribution in [2.24, 2.45) is 5.92 Å². The maximum atomic E-state index is 12.9. The fourth-order valence-corrected chi connectivity index (χ4v) is 4.79. The van der Waals surface area contributed by atoms with Crippen LogP contribution in [0.3, 0.4) is 0 Å². The van der Waals surface area contributed by atoms with Crippen LogP contribution in [0.25, 0.3) is 10.1 Å². The van der Waals surface area contributed by atoms with Crippen LogP contribution in [0.15, 0.2) is 54.6 Å². The van der Waals surface area contributed by atoms with Gasteiger partial charge in [-0.25, -0.2) is 5.48 Å². The highest BCUT2D eigenvalue weighted by Gasteiger charge is 2.24. The summed E-state index contributed by atoms with van der Waals surface area (Å²) in [7, 11) is 0. The number of nitrogens with one attached hydrogen (secondary N) is 1. The van der Waals surface area contributed by atoms with E-state index in [0.29, 0.717) is 16.4 Å². The summed E-state index contributed by atoms with van der Waals surface area (Å²) in [4.78, 5) is 26.8. The van der Waals surface area contributed by atoms with Gasteiger partial charge in [-0.05, 0) is 54.3 Å². The lowest BCUT2D eigenvalue weighted by atomic mass is 9.90. The second-order valence-electron chi connectivity index (χ2n) is 7.23. The number of rotatable bonds is 4. The summed E-state index contributed by atoms with van der Waals surface area (Å²) in [5.74, 6) is 0.127. The quantitative estimate of drug-likeness (QED) is 0.517. The normalized spacial score (nSPS) is 15.0. The van der Waals surface area contributed by atoms with Gasteiger partial charge in [-0.1, -0.05) is 36.4 Å². The van der Waals surface area contributed by atoms with E-state index in [1.54, 1.807) is 11.5 Å². The molecule has 5 nitrogen and oxygen atoms in total. The maximum absolute atomic E-state index is 12.9. The van der Waals surface area contributed by atoms with Gasteiger partial charge in [-0.3, -0.25) is 14.8 Å². The van der Waals surface area contributed by atoms with Crippen molar-refractivity contribution in [1.29, 1.82) is 0 Å². The molecule has 0 unspecified atom stereocenters. The van der Waals surface area contributed by atoms with Gasteiger partial charge in [0.25, 0.3) is 11.8 Å². The lowest BCUT2D eigenvalue weighted by molar-refractivity contribution is 0.0689. The Morgan fingerprint density at radius 2 is 1.82 bits per heavy atom. The van der Waals surface area contributed by atoms with Crippen LogP contribution in [0, 0.1) is 5.92 Å². The van der Waals surface area contributed by atoms with E-state index in [1.165, 1.54) is 16.9 Å². The molecule has 0 radical (unpaired) electrons. The number of piperidine rings is 1. The number of fused-ring (bicyclic) bond motifs is 1. The molecule has 1 aromatic heterocycles. The van der Waals surface area contributed by atoms with Crippen molar-refractivity contribution < 1.29 is 14.8 Å². The van der Waals surface area contributed by atoms with Crippen molar-refractivity contribution in [3.8, 4) is 0 Å². The topological polar surface area (TPSA) is 69.6 Å². The summed E-state index contributed by atoms with van der Waals surface area (Å²) in [6, 6.07) is 17.7. The van der Waals surface area contributed by atoms with E-state index in [0.717, 1.165) is 42.4 Å². The Hall–Kier alpha value is -2.70. The molecule has 1 aliphatic rings. The van der Waals surface area contributed by atoms with Gasteiger partial charge in [0.1, 0.15) is 0 Å². The number of hydrogen-bond acceptors (Lipinski definition) is 4. The van der Waals surface area contributed by atoms with E-state index >= 15 is 0 Å². The molecular weight excluding hydrogens is 372 g/mol. The molecule has 0 atom stereocenters. The Morgan fingerprint density at radius 3 is 2.54 bits per heavy atom. The summed E-state index contributed by atoms with van der Waals surface area (Å²) in [6.45, 7) is 1.55. The van der Waals surface area contributed by atoms with Crippen LogP contribution in [0.2, 0.25) is 0 Å². The fraction of sp³-hybridized carbons (Fsp3) is 0.273. The van der Waals surface area contributed by atoms with Gasteiger partial charge in [0, 0.05) is 23.4 Å². The van der Waals surface area contributed by atoms with Gasteiger partial charge in [0.15, 0.2) is 0 Å². The second-order valence-corrected chi connectivity index (χ2v) is 8.31. The molecule has 2 amide bonds. The minimum atomic E-state index is -0.533. The van der Waals surface area contributed by atoms with Gasteiger partial charge in [0.2, 0.25) is 0 Å². The zero-order chi connectivity index (χ0) is 19.5. The smallest absolute Gasteiger partial charge is 0.284 e. The van der Waals surface area contributed by atoms with E-state index in [1.807, 2.05) is 29.2 Å². The van der Waals surface area contributed by atoms with Crippen LogP contribution in [-0.4, -0.2) is 35.0 Å². The molecule has 1 fully saturated rings. The number of hydroxylamine groups is 1. The predicted molar refractivity (Wildman–Crippen MR) is 110 cm³/mol. The summed E-state index contributed by atoms with van der Waals surface area (Å²) < 4.78 is 0.864. The van der Waals surface area contributed by atoms with Crippen LogP contribution in [0.4, 0.5) is 0 Å². The molecule has 2 heterocycles. The van der Waals surface area contributed by atoms with Gasteiger partial charge < -0.3 is 4.90 Å². The van der Waals surface area contributed by atoms with Crippen molar-refractivity contribution in [1.82, 2.24) is 10.4 Å². The zero-order valence-electron chi connectivity index (χ0n) is 15.4. The average molecular weight is 394 g/mol. The Balaban J connectivity index is 1.41. The van der Waals surface area contributed by atoms with Crippen molar-refractivity contribution >= 4 is 33.2 Å². The van der Waals surface area contributed by atoms with Gasteiger partial charge in [-0.15, -0.1) is 11.3 Å². The first kappa shape index (κ1) is 18.7. The van der Waals surface area contributed by atoms with E-state index in [4.69, 9.17) is 5.21 Å².